The molecule has 2 aliphatic carbocycles. The fourth-order valence-corrected chi connectivity index (χ4v) is 4.78. The van der Waals surface area contributed by atoms with Crippen LogP contribution in [0.3, 0.4) is 0 Å². The molecule has 0 aromatic heterocycles. The highest BCUT2D eigenvalue weighted by molar-refractivity contribution is 5.97. The minimum Gasteiger partial charge on any atom is -0.465 e. The van der Waals surface area contributed by atoms with Crippen molar-refractivity contribution < 1.29 is 9.53 Å². The number of carbonyl (C=O) groups is 1. The van der Waals surface area contributed by atoms with Crippen molar-refractivity contribution in [2.75, 3.05) is 7.11 Å². The summed E-state index contributed by atoms with van der Waals surface area (Å²) >= 11 is 0. The van der Waals surface area contributed by atoms with Gasteiger partial charge in [0.15, 0.2) is 0 Å². The molecule has 0 heterocycles. The van der Waals surface area contributed by atoms with E-state index in [4.69, 9.17) is 4.74 Å². The summed E-state index contributed by atoms with van der Waals surface area (Å²) in [7, 11) is 1.48. The van der Waals surface area contributed by atoms with Crippen LogP contribution in [0, 0.1) is 5.92 Å². The van der Waals surface area contributed by atoms with E-state index in [1.165, 1.54) is 56.6 Å². The van der Waals surface area contributed by atoms with E-state index in [-0.39, 0.29) is 11.4 Å². The van der Waals surface area contributed by atoms with Gasteiger partial charge >= 0.3 is 5.97 Å². The highest BCUT2D eigenvalue weighted by Crippen LogP contribution is 2.54. The molecule has 2 fully saturated rings. The van der Waals surface area contributed by atoms with E-state index >= 15 is 0 Å². The van der Waals surface area contributed by atoms with Gasteiger partial charge < -0.3 is 4.74 Å². The molecule has 2 aliphatic rings. The SMILES string of the molecule is COC(=O)c1cc2ccccc2cc1C12CCCC(CC1)C2. The van der Waals surface area contributed by atoms with Crippen LogP contribution < -0.4 is 0 Å². The lowest BCUT2D eigenvalue weighted by molar-refractivity contribution is 0.0597. The molecule has 0 spiro atoms. The molecule has 2 nitrogen and oxygen atoms in total. The first-order valence-corrected chi connectivity index (χ1v) is 8.33. The Labute approximate surface area is 131 Å². The number of ether oxygens (including phenoxy) is 1. The Bertz CT molecular complexity index is 730. The molecule has 2 aromatic carbocycles. The molecular formula is C20H22O2. The first-order chi connectivity index (χ1) is 10.7. The maximum absolute atomic E-state index is 12.4. The normalized spacial score (nSPS) is 27.0. The summed E-state index contributed by atoms with van der Waals surface area (Å²) in [5, 5.41) is 2.35. The van der Waals surface area contributed by atoms with Crippen molar-refractivity contribution in [1.82, 2.24) is 0 Å². The molecule has 0 saturated heterocycles. The fraction of sp³-hybridized carbons (Fsp3) is 0.450. The summed E-state index contributed by atoms with van der Waals surface area (Å²) in [6.07, 6.45) is 7.65. The molecule has 2 aromatic rings. The number of benzene rings is 2. The van der Waals surface area contributed by atoms with Gasteiger partial charge in [-0.25, -0.2) is 4.79 Å². The number of esters is 1. The zero-order valence-corrected chi connectivity index (χ0v) is 13.1. The number of rotatable bonds is 2. The third-order valence-corrected chi connectivity index (χ3v) is 5.84. The number of methoxy groups -OCH3 is 1. The molecule has 2 bridgehead atoms. The summed E-state index contributed by atoms with van der Waals surface area (Å²) in [6, 6.07) is 12.6. The van der Waals surface area contributed by atoms with Crippen molar-refractivity contribution in [1.29, 1.82) is 0 Å². The molecule has 2 heteroatoms. The molecule has 2 saturated carbocycles. The number of hydrogen-bond donors (Lipinski definition) is 0. The van der Waals surface area contributed by atoms with Gasteiger partial charge in [0.05, 0.1) is 12.7 Å². The van der Waals surface area contributed by atoms with E-state index in [1.54, 1.807) is 0 Å². The van der Waals surface area contributed by atoms with Gasteiger partial charge in [0, 0.05) is 0 Å². The maximum Gasteiger partial charge on any atom is 0.338 e. The highest BCUT2D eigenvalue weighted by Gasteiger charge is 2.44. The van der Waals surface area contributed by atoms with Gasteiger partial charge in [-0.05, 0) is 65.5 Å². The van der Waals surface area contributed by atoms with Gasteiger partial charge in [0.1, 0.15) is 0 Å². The first kappa shape index (κ1) is 13.8. The van der Waals surface area contributed by atoms with E-state index in [9.17, 15) is 4.79 Å². The van der Waals surface area contributed by atoms with Gasteiger partial charge in [-0.15, -0.1) is 0 Å². The second kappa shape index (κ2) is 5.12. The third-order valence-electron chi connectivity index (χ3n) is 5.84. The zero-order chi connectivity index (χ0) is 15.2. The second-order valence-corrected chi connectivity index (χ2v) is 7.02. The Morgan fingerprint density at radius 2 is 1.91 bits per heavy atom. The van der Waals surface area contributed by atoms with Crippen LogP contribution in [-0.4, -0.2) is 13.1 Å². The summed E-state index contributed by atoms with van der Waals surface area (Å²) in [4.78, 5) is 12.4. The Balaban J connectivity index is 1.93. The number of carbonyl (C=O) groups excluding carboxylic acids is 1. The third kappa shape index (κ3) is 2.05. The largest absolute Gasteiger partial charge is 0.465 e. The maximum atomic E-state index is 12.4. The van der Waals surface area contributed by atoms with E-state index in [2.05, 4.69) is 24.3 Å². The molecular weight excluding hydrogens is 272 g/mol. The molecule has 2 atom stereocenters. The molecule has 0 N–H and O–H groups in total. The van der Waals surface area contributed by atoms with Crippen LogP contribution in [0.4, 0.5) is 0 Å². The highest BCUT2D eigenvalue weighted by atomic mass is 16.5. The van der Waals surface area contributed by atoms with Crippen LogP contribution in [-0.2, 0) is 10.2 Å². The van der Waals surface area contributed by atoms with Crippen molar-refractivity contribution in [2.45, 2.75) is 43.9 Å². The zero-order valence-electron chi connectivity index (χ0n) is 13.1. The predicted octanol–water partition coefficient (Wildman–Crippen LogP) is 4.85. The minimum absolute atomic E-state index is 0.191. The standard InChI is InChI=1S/C20H22O2/c1-22-19(21)17-11-15-6-2-3-7-16(15)12-18(17)20-9-4-5-14(13-20)8-10-20/h2-3,6-7,11-12,14H,4-5,8-10,13H2,1H3. The molecule has 0 aliphatic heterocycles. The summed E-state index contributed by atoms with van der Waals surface area (Å²) < 4.78 is 5.08. The van der Waals surface area contributed by atoms with E-state index in [0.29, 0.717) is 0 Å². The lowest BCUT2D eigenvalue weighted by Gasteiger charge is -2.35. The average molecular weight is 294 g/mol. The monoisotopic (exact) mass is 294 g/mol. The predicted molar refractivity (Wildman–Crippen MR) is 88.2 cm³/mol. The molecule has 0 amide bonds. The first-order valence-electron chi connectivity index (χ1n) is 8.33. The van der Waals surface area contributed by atoms with Crippen molar-refractivity contribution in [2.24, 2.45) is 5.92 Å². The van der Waals surface area contributed by atoms with Gasteiger partial charge in [0.25, 0.3) is 0 Å². The Morgan fingerprint density at radius 3 is 2.68 bits per heavy atom. The van der Waals surface area contributed by atoms with E-state index < -0.39 is 0 Å². The number of fused-ring (bicyclic) bond motifs is 3. The average Bonchev–Trinajstić information content (AvgIpc) is 2.88. The lowest BCUT2D eigenvalue weighted by Crippen LogP contribution is -2.28. The van der Waals surface area contributed by atoms with Crippen LogP contribution in [0.25, 0.3) is 10.8 Å². The van der Waals surface area contributed by atoms with Crippen LogP contribution in [0.15, 0.2) is 36.4 Å². The smallest absolute Gasteiger partial charge is 0.338 e. The Kier molecular flexibility index (Phi) is 3.21. The van der Waals surface area contributed by atoms with Gasteiger partial charge in [-0.3, -0.25) is 0 Å². The molecule has 114 valence electrons. The van der Waals surface area contributed by atoms with Gasteiger partial charge in [-0.1, -0.05) is 37.1 Å². The Morgan fingerprint density at radius 1 is 1.14 bits per heavy atom. The topological polar surface area (TPSA) is 26.3 Å². The van der Waals surface area contributed by atoms with Crippen molar-refractivity contribution in [3.8, 4) is 0 Å². The lowest BCUT2D eigenvalue weighted by atomic mass is 9.69. The molecule has 4 rings (SSSR count). The van der Waals surface area contributed by atoms with Gasteiger partial charge in [-0.2, -0.15) is 0 Å². The summed E-state index contributed by atoms with van der Waals surface area (Å²) in [5.74, 6) is 0.662. The molecule has 22 heavy (non-hydrogen) atoms. The van der Waals surface area contributed by atoms with Crippen molar-refractivity contribution >= 4 is 16.7 Å². The van der Waals surface area contributed by atoms with Crippen LogP contribution in [0.5, 0.6) is 0 Å². The van der Waals surface area contributed by atoms with Crippen molar-refractivity contribution in [3.05, 3.63) is 47.5 Å². The minimum atomic E-state index is -0.191. The summed E-state index contributed by atoms with van der Waals surface area (Å²) in [5.41, 5.74) is 2.22. The quantitative estimate of drug-likeness (QED) is 0.740. The second-order valence-electron chi connectivity index (χ2n) is 7.02. The Hall–Kier alpha value is -1.83. The van der Waals surface area contributed by atoms with Gasteiger partial charge in [0.2, 0.25) is 0 Å². The molecule has 2 unspecified atom stereocenters. The summed E-state index contributed by atoms with van der Waals surface area (Å²) in [6.45, 7) is 0. The van der Waals surface area contributed by atoms with Crippen LogP contribution >= 0.6 is 0 Å². The fourth-order valence-electron chi connectivity index (χ4n) is 4.78. The molecule has 0 radical (unpaired) electrons. The van der Waals surface area contributed by atoms with Crippen LogP contribution in [0.1, 0.15) is 54.4 Å². The van der Waals surface area contributed by atoms with E-state index in [1.807, 2.05) is 12.1 Å². The van der Waals surface area contributed by atoms with E-state index in [0.717, 1.165) is 16.9 Å². The number of hydrogen-bond acceptors (Lipinski definition) is 2. The van der Waals surface area contributed by atoms with Crippen LogP contribution in [0.2, 0.25) is 0 Å². The van der Waals surface area contributed by atoms with Crippen molar-refractivity contribution in [3.63, 3.8) is 0 Å².